The number of phosphoric acid groups is 3. The molecule has 1 amide bonds. The van der Waals surface area contributed by atoms with Crippen molar-refractivity contribution in [2.75, 3.05) is 36.9 Å². The van der Waals surface area contributed by atoms with Crippen molar-refractivity contribution < 1.29 is 75.7 Å². The molecule has 77 heavy (non-hydrogen) atoms. The first-order valence-electron chi connectivity index (χ1n) is 24.3. The first kappa shape index (κ1) is 55.4. The monoisotopic (exact) mass is 1120 g/mol. The Morgan fingerprint density at radius 3 is 2.34 bits per heavy atom. The second-order valence-electron chi connectivity index (χ2n) is 19.9. The number of phosphoric ester groups is 1. The van der Waals surface area contributed by atoms with Gasteiger partial charge in [-0.3, -0.25) is 9.32 Å². The van der Waals surface area contributed by atoms with Gasteiger partial charge < -0.3 is 59.8 Å². The molecule has 5 atom stereocenters. The lowest BCUT2D eigenvalue weighted by molar-refractivity contribution is -0.0421. The van der Waals surface area contributed by atoms with Crippen LogP contribution >= 0.6 is 23.5 Å². The average molecular weight is 1120 g/mol. The SMILES string of the molecule is CCN1c2cc3c(cc2C(C)=CC1(C)C)C(c1ccc(C(=O)NCC#Cc2cn([C@H]4C[C@H](O)[C@@H](COP(=O)(O)OP(=O)(O)OP(=O)(O)O)O4)c4ncnc(N)c24)cc1C(=O)O)=c1cc2c(cc1O3)=[N+](CC)C(C)(C)C=C2C. The van der Waals surface area contributed by atoms with Gasteiger partial charge in [-0.25, -0.2) is 33.0 Å². The number of aliphatic hydroxyl groups excluding tert-OH is 1. The number of amides is 1. The van der Waals surface area contributed by atoms with Crippen LogP contribution in [0.5, 0.6) is 11.5 Å². The minimum absolute atomic E-state index is 0.0236. The Balaban J connectivity index is 1.01. The summed E-state index contributed by atoms with van der Waals surface area (Å²) in [5.74, 6) is 5.11. The molecule has 4 aliphatic heterocycles. The van der Waals surface area contributed by atoms with Crippen LogP contribution in [0, 0.1) is 11.8 Å². The van der Waals surface area contributed by atoms with E-state index in [1.807, 2.05) is 12.1 Å². The van der Waals surface area contributed by atoms with E-state index < -0.39 is 60.4 Å². The summed E-state index contributed by atoms with van der Waals surface area (Å²) in [6, 6.07) is 12.8. The summed E-state index contributed by atoms with van der Waals surface area (Å²) in [7, 11) is -16.9. The van der Waals surface area contributed by atoms with Gasteiger partial charge in [-0.1, -0.05) is 24.0 Å². The number of benzene rings is 3. The normalized spacial score (nSPS) is 20.7. The maximum absolute atomic E-state index is 13.9. The molecule has 9 N–H and O–H groups in total. The number of nitrogen functional groups attached to an aromatic ring is 1. The van der Waals surface area contributed by atoms with E-state index in [1.165, 1.54) is 23.2 Å². The van der Waals surface area contributed by atoms with E-state index in [9.17, 15) is 43.3 Å². The number of carboxylic acids is 1. The molecule has 0 saturated carbocycles. The number of carboxylic acid groups (broad SMARTS) is 1. The van der Waals surface area contributed by atoms with Crippen LogP contribution in [-0.4, -0.2) is 106 Å². The average Bonchev–Trinajstić information content (AvgIpc) is 3.89. The van der Waals surface area contributed by atoms with Crippen LogP contribution in [-0.2, 0) is 31.6 Å². The summed E-state index contributed by atoms with van der Waals surface area (Å²) >= 11 is 0. The molecule has 6 heterocycles. The van der Waals surface area contributed by atoms with Gasteiger partial charge in [0.25, 0.3) is 5.91 Å². The molecular formula is C51H57N7O16P3+. The Morgan fingerprint density at radius 1 is 0.922 bits per heavy atom. The quantitative estimate of drug-likeness (QED) is 0.0376. The zero-order valence-electron chi connectivity index (χ0n) is 43.0. The van der Waals surface area contributed by atoms with Gasteiger partial charge in [0.15, 0.2) is 5.54 Å². The number of aromatic nitrogens is 3. The first-order chi connectivity index (χ1) is 36.0. The summed E-state index contributed by atoms with van der Waals surface area (Å²) in [5.41, 5.74) is 13.0. The van der Waals surface area contributed by atoms with Crippen molar-refractivity contribution in [3.63, 3.8) is 0 Å². The number of likely N-dealkylation sites (N-methyl/N-ethyl adjacent to an activating group) is 2. The highest BCUT2D eigenvalue weighted by molar-refractivity contribution is 7.66. The van der Waals surface area contributed by atoms with Crippen LogP contribution < -0.4 is 35.8 Å². The molecule has 406 valence electrons. The van der Waals surface area contributed by atoms with Crippen molar-refractivity contribution in [2.45, 2.75) is 91.3 Å². The van der Waals surface area contributed by atoms with Crippen LogP contribution in [0.2, 0.25) is 0 Å². The number of nitrogens with one attached hydrogen (secondary N) is 1. The molecule has 1 fully saturated rings. The minimum atomic E-state index is -5.79. The number of aromatic carboxylic acids is 1. The Morgan fingerprint density at radius 2 is 1.65 bits per heavy atom. The summed E-state index contributed by atoms with van der Waals surface area (Å²) in [6.45, 7) is 17.4. The molecule has 3 aromatic carbocycles. The lowest BCUT2D eigenvalue weighted by Gasteiger charge is -2.43. The van der Waals surface area contributed by atoms with Crippen LogP contribution in [0.15, 0.2) is 67.1 Å². The van der Waals surface area contributed by atoms with Gasteiger partial charge in [-0.05, 0) is 88.6 Å². The van der Waals surface area contributed by atoms with E-state index in [2.05, 4.69) is 129 Å². The molecular weight excluding hydrogens is 1060 g/mol. The number of carbonyl (C=O) groups is 2. The molecule has 1 saturated heterocycles. The highest BCUT2D eigenvalue weighted by Gasteiger charge is 2.44. The highest BCUT2D eigenvalue weighted by Crippen LogP contribution is 2.66. The number of anilines is 2. The number of allylic oxidation sites excluding steroid dienone is 2. The zero-order valence-corrected chi connectivity index (χ0v) is 45.7. The topological polar surface area (TPSA) is 328 Å². The van der Waals surface area contributed by atoms with Crippen molar-refractivity contribution >= 4 is 74.6 Å². The van der Waals surface area contributed by atoms with E-state index in [1.54, 1.807) is 12.1 Å². The van der Waals surface area contributed by atoms with Crippen LogP contribution in [0.1, 0.15) is 117 Å². The largest absolute Gasteiger partial charge is 0.490 e. The number of hydrogen-bond acceptors (Lipinski definition) is 15. The van der Waals surface area contributed by atoms with E-state index in [0.29, 0.717) is 33.4 Å². The summed E-state index contributed by atoms with van der Waals surface area (Å²) < 4.78 is 63.8. The van der Waals surface area contributed by atoms with Crippen molar-refractivity contribution in [3.8, 4) is 23.3 Å². The molecule has 23 nitrogen and oxygen atoms in total. The molecule has 5 aromatic rings. The molecule has 4 aliphatic rings. The Kier molecular flexibility index (Phi) is 14.5. The number of hydrogen-bond donors (Lipinski definition) is 8. The molecule has 0 bridgehead atoms. The number of ether oxygens (including phenoxy) is 2. The van der Waals surface area contributed by atoms with Gasteiger partial charge in [0, 0.05) is 77.8 Å². The predicted molar refractivity (Wildman–Crippen MR) is 283 cm³/mol. The fourth-order valence-electron chi connectivity index (χ4n) is 10.9. The number of nitrogens with two attached hydrogens (primary N) is 1. The summed E-state index contributed by atoms with van der Waals surface area (Å²) in [4.78, 5) is 74.9. The Labute approximate surface area is 441 Å². The smallest absolute Gasteiger partial charge is 0.478 e. The number of fused-ring (bicyclic) bond motifs is 5. The lowest BCUT2D eigenvalue weighted by atomic mass is 9.83. The van der Waals surface area contributed by atoms with Crippen LogP contribution in [0.25, 0.3) is 27.8 Å². The third kappa shape index (κ3) is 10.8. The van der Waals surface area contributed by atoms with E-state index in [4.69, 9.17) is 25.0 Å². The third-order valence-corrected chi connectivity index (χ3v) is 17.7. The number of aliphatic hydroxyl groups is 1. The third-order valence-electron chi connectivity index (χ3n) is 13.9. The van der Waals surface area contributed by atoms with E-state index in [-0.39, 0.29) is 57.6 Å². The number of nitrogens with zero attached hydrogens (tertiary/aromatic N) is 5. The second-order valence-corrected chi connectivity index (χ2v) is 24.4. The first-order valence-corrected chi connectivity index (χ1v) is 28.8. The van der Waals surface area contributed by atoms with Gasteiger partial charge >= 0.3 is 29.4 Å². The highest BCUT2D eigenvalue weighted by atomic mass is 31.3. The van der Waals surface area contributed by atoms with Gasteiger partial charge in [0.2, 0.25) is 5.36 Å². The lowest BCUT2D eigenvalue weighted by Crippen LogP contribution is -2.49. The standard InChI is InChI=1S/C51H56N7O16P3/c1-9-57-37-19-40-35(17-32(37)27(3)22-50(57,5)6)45(36-18-33-28(4)23-51(7,8)58(10-2)38(33)20-41(36)71-40)31-14-13-29(16-34(31)49(61)62)48(60)53-15-11-12-30-24-56(47-44(30)46(52)54-26-55-47)43-21-39(59)42(72-43)25-70-76(66,67)74-77(68,69)73-75(63,64)65/h13-14,16-20,22-24,26,39,42-43,59H,9-10,15,21,25H2,1-8H3,(H7-,52,53,54,55,60,61,62,63,64,65,66,67,68,69)/p+1/t39-,42+,43+/m0/s1. The van der Waals surface area contributed by atoms with Crippen molar-refractivity contribution in [2.24, 2.45) is 0 Å². The molecule has 9 rings (SSSR count). The van der Waals surface area contributed by atoms with E-state index in [0.717, 1.165) is 46.4 Å². The molecule has 0 aliphatic carbocycles. The van der Waals surface area contributed by atoms with Gasteiger partial charge in [0.05, 0.1) is 47.4 Å². The molecule has 2 aromatic heterocycles. The van der Waals surface area contributed by atoms with Gasteiger partial charge in [0.1, 0.15) is 48.2 Å². The zero-order chi connectivity index (χ0) is 55.9. The Hall–Kier alpha value is -6.34. The summed E-state index contributed by atoms with van der Waals surface area (Å²) in [6.07, 6.45) is 3.27. The van der Waals surface area contributed by atoms with Crippen LogP contribution in [0.4, 0.5) is 11.5 Å². The van der Waals surface area contributed by atoms with Crippen molar-refractivity contribution in [3.05, 3.63) is 117 Å². The van der Waals surface area contributed by atoms with Crippen molar-refractivity contribution in [1.29, 1.82) is 0 Å². The number of rotatable bonds is 14. The van der Waals surface area contributed by atoms with Gasteiger partial charge in [-0.2, -0.15) is 8.62 Å². The maximum atomic E-state index is 13.9. The molecule has 26 heteroatoms. The number of carbonyl (C=O) groups excluding carboxylic acids is 1. The fourth-order valence-corrected chi connectivity index (χ4v) is 13.9. The minimum Gasteiger partial charge on any atom is -0.478 e. The fraction of sp³-hybridized carbons (Fsp3) is 0.353. The van der Waals surface area contributed by atoms with E-state index >= 15 is 0 Å². The summed E-state index contributed by atoms with van der Waals surface area (Å²) in [5, 5.41) is 26.5. The van der Waals surface area contributed by atoms with Gasteiger partial charge in [-0.15, -0.1) is 0 Å². The Bertz CT molecular complexity index is 3760. The maximum Gasteiger partial charge on any atom is 0.490 e. The van der Waals surface area contributed by atoms with Crippen LogP contribution in [0.3, 0.4) is 0 Å². The molecule has 2 unspecified atom stereocenters. The molecule has 0 spiro atoms. The molecule has 0 radical (unpaired) electrons. The second kappa shape index (κ2) is 20.2. The van der Waals surface area contributed by atoms with Crippen molar-refractivity contribution in [1.82, 2.24) is 24.4 Å². The predicted octanol–water partition coefficient (Wildman–Crippen LogP) is 5.57.